The van der Waals surface area contributed by atoms with Crippen LogP contribution >= 0.6 is 0 Å². The highest BCUT2D eigenvalue weighted by atomic mass is 16.6. The lowest BCUT2D eigenvalue weighted by Crippen LogP contribution is -2.42. The molecule has 2 heteroatoms. The van der Waals surface area contributed by atoms with Gasteiger partial charge in [0.1, 0.15) is 5.60 Å². The quantitative estimate of drug-likeness (QED) is 0.357. The maximum Gasteiger partial charge on any atom is 0.333 e. The van der Waals surface area contributed by atoms with Crippen molar-refractivity contribution < 1.29 is 9.53 Å². The Balaban J connectivity index is 2.24. The van der Waals surface area contributed by atoms with Crippen LogP contribution in [0.4, 0.5) is 0 Å². The molecular formula is C16H28O2. The van der Waals surface area contributed by atoms with Crippen LogP contribution in [0.2, 0.25) is 0 Å². The molecule has 0 N–H and O–H groups in total. The Morgan fingerprint density at radius 1 is 1.28 bits per heavy atom. The Hall–Kier alpha value is -0.790. The topological polar surface area (TPSA) is 26.3 Å². The van der Waals surface area contributed by atoms with Gasteiger partial charge in [-0.1, -0.05) is 39.7 Å². The highest BCUT2D eigenvalue weighted by Crippen LogP contribution is 2.40. The highest BCUT2D eigenvalue weighted by molar-refractivity contribution is 5.87. The molecule has 0 spiro atoms. The van der Waals surface area contributed by atoms with E-state index < -0.39 is 0 Å². The van der Waals surface area contributed by atoms with Crippen LogP contribution in [-0.4, -0.2) is 11.6 Å². The van der Waals surface area contributed by atoms with Gasteiger partial charge in [-0.05, 0) is 44.9 Å². The van der Waals surface area contributed by atoms with Crippen molar-refractivity contribution in [3.05, 3.63) is 12.2 Å². The maximum atomic E-state index is 11.6. The number of carbonyl (C=O) groups excluding carboxylic acids is 1. The van der Waals surface area contributed by atoms with Gasteiger partial charge in [-0.15, -0.1) is 0 Å². The number of hydrogen-bond donors (Lipinski definition) is 0. The minimum atomic E-state index is -0.211. The first-order valence-corrected chi connectivity index (χ1v) is 7.34. The van der Waals surface area contributed by atoms with E-state index in [0.717, 1.165) is 25.2 Å². The minimum absolute atomic E-state index is 0.145. The Bertz CT molecular complexity index is 287. The van der Waals surface area contributed by atoms with Crippen LogP contribution in [0.3, 0.4) is 0 Å². The Morgan fingerprint density at radius 3 is 2.39 bits per heavy atom. The van der Waals surface area contributed by atoms with Crippen LogP contribution < -0.4 is 0 Å². The largest absolute Gasteiger partial charge is 0.456 e. The second-order valence-corrected chi connectivity index (χ2v) is 6.20. The summed E-state index contributed by atoms with van der Waals surface area (Å²) in [5.74, 6) is 0.584. The summed E-state index contributed by atoms with van der Waals surface area (Å²) in [6, 6.07) is 0. The second kappa shape index (κ2) is 6.96. The van der Waals surface area contributed by atoms with Crippen molar-refractivity contribution in [2.24, 2.45) is 5.92 Å². The molecule has 0 aromatic rings. The van der Waals surface area contributed by atoms with Crippen LogP contribution in [0.15, 0.2) is 12.2 Å². The summed E-state index contributed by atoms with van der Waals surface area (Å²) in [6.45, 7) is 9.90. The molecular weight excluding hydrogens is 224 g/mol. The molecule has 1 fully saturated rings. The smallest absolute Gasteiger partial charge is 0.333 e. The van der Waals surface area contributed by atoms with Gasteiger partial charge >= 0.3 is 5.97 Å². The Labute approximate surface area is 112 Å². The highest BCUT2D eigenvalue weighted by Gasteiger charge is 2.40. The van der Waals surface area contributed by atoms with Crippen molar-refractivity contribution in [3.8, 4) is 0 Å². The van der Waals surface area contributed by atoms with E-state index in [1.807, 2.05) is 0 Å². The summed E-state index contributed by atoms with van der Waals surface area (Å²) in [4.78, 5) is 11.6. The number of esters is 1. The average Bonchev–Trinajstić information content (AvgIpc) is 2.23. The van der Waals surface area contributed by atoms with E-state index in [0.29, 0.717) is 5.57 Å². The number of hydrogen-bond acceptors (Lipinski definition) is 2. The molecule has 0 aromatic heterocycles. The Morgan fingerprint density at radius 2 is 1.94 bits per heavy atom. The fourth-order valence-electron chi connectivity index (χ4n) is 2.43. The molecule has 18 heavy (non-hydrogen) atoms. The van der Waals surface area contributed by atoms with Gasteiger partial charge in [0.05, 0.1) is 0 Å². The van der Waals surface area contributed by atoms with Crippen molar-refractivity contribution in [2.75, 3.05) is 0 Å². The molecule has 0 amide bonds. The summed E-state index contributed by atoms with van der Waals surface area (Å²) >= 11 is 0. The van der Waals surface area contributed by atoms with Crippen molar-refractivity contribution in [1.29, 1.82) is 0 Å². The zero-order valence-electron chi connectivity index (χ0n) is 12.3. The summed E-state index contributed by atoms with van der Waals surface area (Å²) in [5, 5.41) is 0. The first-order valence-electron chi connectivity index (χ1n) is 7.34. The van der Waals surface area contributed by atoms with E-state index in [4.69, 9.17) is 4.74 Å². The zero-order chi connectivity index (χ0) is 13.6. The fraction of sp³-hybridized carbons (Fsp3) is 0.812. The summed E-state index contributed by atoms with van der Waals surface area (Å²) in [5.41, 5.74) is 0.370. The van der Waals surface area contributed by atoms with E-state index in [-0.39, 0.29) is 11.6 Å². The third-order valence-corrected chi connectivity index (χ3v) is 3.84. The lowest BCUT2D eigenvalue weighted by Gasteiger charge is -2.41. The molecule has 1 rings (SSSR count). The summed E-state index contributed by atoms with van der Waals surface area (Å²) < 4.78 is 5.62. The molecule has 0 bridgehead atoms. The van der Waals surface area contributed by atoms with Crippen molar-refractivity contribution in [1.82, 2.24) is 0 Å². The lowest BCUT2D eigenvalue weighted by atomic mass is 9.76. The van der Waals surface area contributed by atoms with Gasteiger partial charge in [0.2, 0.25) is 0 Å². The fourth-order valence-corrected chi connectivity index (χ4v) is 2.43. The van der Waals surface area contributed by atoms with Gasteiger partial charge in [0, 0.05) is 5.57 Å². The predicted molar refractivity (Wildman–Crippen MR) is 75.4 cm³/mol. The number of rotatable bonds is 8. The van der Waals surface area contributed by atoms with E-state index in [2.05, 4.69) is 20.4 Å². The first-order chi connectivity index (χ1) is 8.45. The third kappa shape index (κ3) is 4.83. The van der Waals surface area contributed by atoms with E-state index in [9.17, 15) is 4.79 Å². The zero-order valence-corrected chi connectivity index (χ0v) is 12.3. The van der Waals surface area contributed by atoms with Crippen molar-refractivity contribution in [2.45, 2.75) is 77.7 Å². The maximum absolute atomic E-state index is 11.6. The molecule has 0 atom stereocenters. The number of carbonyl (C=O) groups is 1. The monoisotopic (exact) mass is 252 g/mol. The van der Waals surface area contributed by atoms with Crippen molar-refractivity contribution >= 4 is 5.97 Å². The molecule has 1 saturated carbocycles. The van der Waals surface area contributed by atoms with Gasteiger partial charge in [0.15, 0.2) is 0 Å². The van der Waals surface area contributed by atoms with Crippen molar-refractivity contribution in [3.63, 3.8) is 0 Å². The van der Waals surface area contributed by atoms with Crippen LogP contribution in [0, 0.1) is 5.92 Å². The molecule has 0 aromatic carbocycles. The van der Waals surface area contributed by atoms with Crippen LogP contribution in [-0.2, 0) is 9.53 Å². The number of unbranched alkanes of at least 4 members (excludes halogenated alkanes) is 2. The molecule has 0 heterocycles. The van der Waals surface area contributed by atoms with Gasteiger partial charge in [-0.25, -0.2) is 4.79 Å². The Kier molecular flexibility index (Phi) is 5.90. The van der Waals surface area contributed by atoms with Gasteiger partial charge in [-0.3, -0.25) is 0 Å². The van der Waals surface area contributed by atoms with E-state index in [1.54, 1.807) is 6.92 Å². The molecule has 104 valence electrons. The van der Waals surface area contributed by atoms with Crippen LogP contribution in [0.1, 0.15) is 72.1 Å². The minimum Gasteiger partial charge on any atom is -0.456 e. The molecule has 1 aliphatic rings. The second-order valence-electron chi connectivity index (χ2n) is 6.20. The van der Waals surface area contributed by atoms with Crippen LogP contribution in [0.5, 0.6) is 0 Å². The molecule has 1 aliphatic carbocycles. The van der Waals surface area contributed by atoms with E-state index in [1.165, 1.54) is 32.1 Å². The van der Waals surface area contributed by atoms with Gasteiger partial charge in [-0.2, -0.15) is 0 Å². The first kappa shape index (κ1) is 15.3. The summed E-state index contributed by atoms with van der Waals surface area (Å²) in [6.07, 6.45) is 9.33. The molecule has 0 saturated heterocycles. The predicted octanol–water partition coefficient (Wildman–Crippen LogP) is 4.63. The van der Waals surface area contributed by atoms with Gasteiger partial charge in [0.25, 0.3) is 0 Å². The normalized spacial score (nSPS) is 17.3. The van der Waals surface area contributed by atoms with Gasteiger partial charge < -0.3 is 4.74 Å². The summed E-state index contributed by atoms with van der Waals surface area (Å²) in [7, 11) is 0. The average molecular weight is 252 g/mol. The third-order valence-electron chi connectivity index (χ3n) is 3.84. The van der Waals surface area contributed by atoms with Crippen LogP contribution in [0.25, 0.3) is 0 Å². The standard InChI is InChI=1S/C16H28O2/c1-13(2)9-6-5-7-10-16(11-8-12-16)18-15(17)14(3)4/h13H,3,5-12H2,1-2,4H3. The van der Waals surface area contributed by atoms with E-state index >= 15 is 0 Å². The number of ether oxygens (including phenoxy) is 1. The molecule has 0 unspecified atom stereocenters. The lowest BCUT2D eigenvalue weighted by molar-refractivity contribution is -0.165. The molecule has 2 nitrogen and oxygen atoms in total. The molecule has 0 radical (unpaired) electrons. The molecule has 0 aliphatic heterocycles. The SMILES string of the molecule is C=C(C)C(=O)OC1(CCCCCC(C)C)CCC1.